The Labute approximate surface area is 151 Å². The minimum Gasteiger partial charge on any atom is -0.492 e. The summed E-state index contributed by atoms with van der Waals surface area (Å²) >= 11 is 0. The highest BCUT2D eigenvalue weighted by Crippen LogP contribution is 2.25. The van der Waals surface area contributed by atoms with Crippen molar-refractivity contribution in [3.05, 3.63) is 84.2 Å². The van der Waals surface area contributed by atoms with Crippen molar-refractivity contribution < 1.29 is 9.13 Å². The third-order valence-corrected chi connectivity index (χ3v) is 4.35. The van der Waals surface area contributed by atoms with Crippen LogP contribution in [-0.4, -0.2) is 16.2 Å². The molecule has 0 fully saturated rings. The molecule has 0 aliphatic carbocycles. The lowest BCUT2D eigenvalue weighted by molar-refractivity contribution is 0.301. The van der Waals surface area contributed by atoms with Crippen LogP contribution in [-0.2, 0) is 6.54 Å². The zero-order valence-corrected chi connectivity index (χ0v) is 14.5. The molecule has 0 saturated heterocycles. The van der Waals surface area contributed by atoms with E-state index in [0.717, 1.165) is 22.7 Å². The summed E-state index contributed by atoms with van der Waals surface area (Å²) in [5, 5.41) is 0. The van der Waals surface area contributed by atoms with Crippen LogP contribution >= 0.6 is 0 Å². The van der Waals surface area contributed by atoms with Gasteiger partial charge in [-0.05, 0) is 31.2 Å². The van der Waals surface area contributed by atoms with Gasteiger partial charge < -0.3 is 9.30 Å². The monoisotopic (exact) mass is 346 g/mol. The molecule has 4 rings (SSSR count). The molecule has 0 radical (unpaired) electrons. The quantitative estimate of drug-likeness (QED) is 0.495. The molecule has 0 amide bonds. The second-order valence-corrected chi connectivity index (χ2v) is 6.25. The number of nitrogens with zero attached hydrogens (tertiary/aromatic N) is 2. The number of ether oxygens (including phenoxy) is 1. The van der Waals surface area contributed by atoms with E-state index in [-0.39, 0.29) is 5.82 Å². The highest BCUT2D eigenvalue weighted by molar-refractivity contribution is 5.80. The van der Waals surface area contributed by atoms with Crippen LogP contribution in [0.1, 0.15) is 5.56 Å². The Morgan fingerprint density at radius 3 is 2.50 bits per heavy atom. The Balaban J connectivity index is 1.65. The van der Waals surface area contributed by atoms with Crippen LogP contribution in [0.3, 0.4) is 0 Å². The zero-order valence-electron chi connectivity index (χ0n) is 14.5. The molecule has 4 heteroatoms. The predicted molar refractivity (Wildman–Crippen MR) is 102 cm³/mol. The van der Waals surface area contributed by atoms with Crippen molar-refractivity contribution in [2.45, 2.75) is 13.5 Å². The molecule has 0 bridgehead atoms. The van der Waals surface area contributed by atoms with E-state index in [2.05, 4.69) is 9.55 Å². The second kappa shape index (κ2) is 7.00. The minimum atomic E-state index is -0.280. The number of fused-ring (bicyclic) bond motifs is 1. The van der Waals surface area contributed by atoms with Crippen LogP contribution in [0, 0.1) is 12.7 Å². The summed E-state index contributed by atoms with van der Waals surface area (Å²) in [4.78, 5) is 4.65. The highest BCUT2D eigenvalue weighted by Gasteiger charge is 2.13. The van der Waals surface area contributed by atoms with Gasteiger partial charge in [-0.15, -0.1) is 0 Å². The average molecular weight is 346 g/mol. The topological polar surface area (TPSA) is 27.1 Å². The van der Waals surface area contributed by atoms with E-state index in [0.29, 0.717) is 18.7 Å². The van der Waals surface area contributed by atoms with Crippen molar-refractivity contribution in [3.63, 3.8) is 0 Å². The van der Waals surface area contributed by atoms with Gasteiger partial charge in [-0.2, -0.15) is 0 Å². The average Bonchev–Trinajstić information content (AvgIpc) is 3.02. The van der Waals surface area contributed by atoms with Crippen LogP contribution in [0.4, 0.5) is 4.39 Å². The first kappa shape index (κ1) is 16.3. The van der Waals surface area contributed by atoms with Crippen molar-refractivity contribution in [2.75, 3.05) is 6.61 Å². The molecule has 4 aromatic rings. The van der Waals surface area contributed by atoms with Gasteiger partial charge in [0.25, 0.3) is 0 Å². The summed E-state index contributed by atoms with van der Waals surface area (Å²) in [5.41, 5.74) is 3.75. The molecule has 0 aliphatic heterocycles. The minimum absolute atomic E-state index is 0.280. The first-order valence-corrected chi connectivity index (χ1v) is 8.61. The normalized spacial score (nSPS) is 11.0. The highest BCUT2D eigenvalue weighted by atomic mass is 19.1. The summed E-state index contributed by atoms with van der Waals surface area (Å²) in [6, 6.07) is 22.6. The standard InChI is InChI=1S/C22H19FN2O/c1-16-7-10-19(11-8-16)26-14-13-25-21-12-9-18(23)15-20(21)24-22(25)17-5-3-2-4-6-17/h2-12,15H,13-14H2,1H3. The molecule has 0 saturated carbocycles. The molecular formula is C22H19FN2O. The Morgan fingerprint density at radius 2 is 1.73 bits per heavy atom. The fourth-order valence-corrected chi connectivity index (χ4v) is 3.03. The molecule has 0 unspecified atom stereocenters. The van der Waals surface area contributed by atoms with Gasteiger partial charge in [-0.1, -0.05) is 48.0 Å². The van der Waals surface area contributed by atoms with E-state index in [1.165, 1.54) is 17.7 Å². The molecule has 0 atom stereocenters. The number of aromatic nitrogens is 2. The number of benzene rings is 3. The van der Waals surface area contributed by atoms with Crippen LogP contribution < -0.4 is 4.74 Å². The van der Waals surface area contributed by atoms with Crippen LogP contribution in [0.25, 0.3) is 22.4 Å². The Hall–Kier alpha value is -3.14. The van der Waals surface area contributed by atoms with Gasteiger partial charge in [0, 0.05) is 11.6 Å². The first-order chi connectivity index (χ1) is 12.7. The lowest BCUT2D eigenvalue weighted by atomic mass is 10.2. The van der Waals surface area contributed by atoms with E-state index in [1.54, 1.807) is 6.07 Å². The predicted octanol–water partition coefficient (Wildman–Crippen LogP) is 5.23. The Bertz CT molecular complexity index is 1020. The van der Waals surface area contributed by atoms with E-state index in [4.69, 9.17) is 4.74 Å². The van der Waals surface area contributed by atoms with Gasteiger partial charge in [-0.3, -0.25) is 0 Å². The smallest absolute Gasteiger partial charge is 0.141 e. The fourth-order valence-electron chi connectivity index (χ4n) is 3.03. The maximum absolute atomic E-state index is 13.6. The SMILES string of the molecule is Cc1ccc(OCCn2c(-c3ccccc3)nc3cc(F)ccc32)cc1. The number of imidazole rings is 1. The molecule has 1 aromatic heterocycles. The van der Waals surface area contributed by atoms with E-state index < -0.39 is 0 Å². The zero-order chi connectivity index (χ0) is 17.9. The van der Waals surface area contributed by atoms with Gasteiger partial charge in [0.05, 0.1) is 17.6 Å². The van der Waals surface area contributed by atoms with Gasteiger partial charge in [-0.25, -0.2) is 9.37 Å². The summed E-state index contributed by atoms with van der Waals surface area (Å²) in [6.07, 6.45) is 0. The van der Waals surface area contributed by atoms with Crippen LogP contribution in [0.5, 0.6) is 5.75 Å². The van der Waals surface area contributed by atoms with Gasteiger partial charge >= 0.3 is 0 Å². The lowest BCUT2D eigenvalue weighted by Gasteiger charge is -2.11. The third-order valence-electron chi connectivity index (χ3n) is 4.35. The number of rotatable bonds is 5. The molecule has 3 nitrogen and oxygen atoms in total. The second-order valence-electron chi connectivity index (χ2n) is 6.25. The number of hydrogen-bond donors (Lipinski definition) is 0. The molecule has 1 heterocycles. The third kappa shape index (κ3) is 3.31. The molecule has 0 spiro atoms. The van der Waals surface area contributed by atoms with Crippen molar-refractivity contribution in [1.29, 1.82) is 0 Å². The van der Waals surface area contributed by atoms with Crippen molar-refractivity contribution in [2.24, 2.45) is 0 Å². The maximum atomic E-state index is 13.6. The molecule has 0 aliphatic rings. The molecule has 26 heavy (non-hydrogen) atoms. The largest absolute Gasteiger partial charge is 0.492 e. The van der Waals surface area contributed by atoms with Crippen molar-refractivity contribution in [1.82, 2.24) is 9.55 Å². The molecule has 0 N–H and O–H groups in total. The van der Waals surface area contributed by atoms with Crippen LogP contribution in [0.15, 0.2) is 72.8 Å². The van der Waals surface area contributed by atoms with Crippen LogP contribution in [0.2, 0.25) is 0 Å². The summed E-state index contributed by atoms with van der Waals surface area (Å²) in [7, 11) is 0. The maximum Gasteiger partial charge on any atom is 0.141 e. The molecule has 130 valence electrons. The van der Waals surface area contributed by atoms with Gasteiger partial charge in [0.2, 0.25) is 0 Å². The number of aryl methyl sites for hydroxylation is 1. The molecule has 3 aromatic carbocycles. The number of halogens is 1. The summed E-state index contributed by atoms with van der Waals surface area (Å²) in [6.45, 7) is 3.18. The fraction of sp³-hybridized carbons (Fsp3) is 0.136. The first-order valence-electron chi connectivity index (χ1n) is 8.61. The van der Waals surface area contributed by atoms with E-state index in [1.807, 2.05) is 61.5 Å². The van der Waals surface area contributed by atoms with E-state index in [9.17, 15) is 4.39 Å². The Kier molecular flexibility index (Phi) is 4.40. The Morgan fingerprint density at radius 1 is 0.962 bits per heavy atom. The van der Waals surface area contributed by atoms with Crippen molar-refractivity contribution >= 4 is 11.0 Å². The van der Waals surface area contributed by atoms with E-state index >= 15 is 0 Å². The lowest BCUT2D eigenvalue weighted by Crippen LogP contribution is -2.09. The number of hydrogen-bond acceptors (Lipinski definition) is 2. The van der Waals surface area contributed by atoms with Crippen molar-refractivity contribution in [3.8, 4) is 17.1 Å². The summed E-state index contributed by atoms with van der Waals surface area (Å²) in [5.74, 6) is 1.38. The summed E-state index contributed by atoms with van der Waals surface area (Å²) < 4.78 is 21.6. The van der Waals surface area contributed by atoms with Gasteiger partial charge in [0.15, 0.2) is 0 Å². The molecular weight excluding hydrogens is 327 g/mol. The van der Waals surface area contributed by atoms with Gasteiger partial charge in [0.1, 0.15) is 24.0 Å².